The fraction of sp³-hybridized carbons (Fsp3) is 0.600. The average Bonchev–Trinajstić information content (AvgIpc) is 3.09. The van der Waals surface area contributed by atoms with Crippen molar-refractivity contribution in [1.82, 2.24) is 10.6 Å². The fourth-order valence-electron chi connectivity index (χ4n) is 4.65. The molecule has 3 aliphatic carbocycles. The van der Waals surface area contributed by atoms with Crippen LogP contribution < -0.4 is 15.4 Å². The first kappa shape index (κ1) is 20.8. The second kappa shape index (κ2) is 7.96. The van der Waals surface area contributed by atoms with Crippen molar-refractivity contribution >= 4 is 35.2 Å². The first-order chi connectivity index (χ1) is 13.8. The summed E-state index contributed by atoms with van der Waals surface area (Å²) in [7, 11) is 0. The number of nitrogens with one attached hydrogen (secondary N) is 2. The molecule has 5 rings (SSSR count). The Kier molecular flexibility index (Phi) is 5.70. The molecule has 1 heterocycles. The number of rotatable bonds is 8. The zero-order valence-electron chi connectivity index (χ0n) is 16.1. The number of hydrogen-bond acceptors (Lipinski definition) is 5. The zero-order chi connectivity index (χ0) is 20.6. The molecule has 4 fully saturated rings. The lowest BCUT2D eigenvalue weighted by molar-refractivity contribution is -0.155. The lowest BCUT2D eigenvalue weighted by atomic mass is 9.44. The third-order valence-corrected chi connectivity index (χ3v) is 6.85. The number of ether oxygens (including phenoxy) is 2. The highest BCUT2D eigenvalue weighted by Crippen LogP contribution is 2.60. The molecular formula is C20H24ClFN2O4S. The van der Waals surface area contributed by atoms with Gasteiger partial charge in [0.15, 0.2) is 6.61 Å². The molecule has 9 heteroatoms. The topological polar surface area (TPSA) is 76.7 Å². The summed E-state index contributed by atoms with van der Waals surface area (Å²) in [6.07, 6.45) is 5.66. The number of benzene rings is 1. The normalized spacial score (nSPS) is 32.1. The van der Waals surface area contributed by atoms with Crippen LogP contribution in [0.2, 0.25) is 5.02 Å². The van der Waals surface area contributed by atoms with Crippen LogP contribution in [0.25, 0.3) is 0 Å². The maximum absolute atomic E-state index is 13.4. The van der Waals surface area contributed by atoms with Crippen LogP contribution in [-0.2, 0) is 14.3 Å². The van der Waals surface area contributed by atoms with Gasteiger partial charge in [0.25, 0.3) is 5.91 Å². The van der Waals surface area contributed by atoms with E-state index in [4.69, 9.17) is 21.1 Å². The molecule has 2 unspecified atom stereocenters. The summed E-state index contributed by atoms with van der Waals surface area (Å²) in [5, 5.41) is 6.11. The van der Waals surface area contributed by atoms with E-state index >= 15 is 0 Å². The molecule has 2 atom stereocenters. The Morgan fingerprint density at radius 3 is 2.69 bits per heavy atom. The molecule has 0 aromatic heterocycles. The Bertz CT molecular complexity index is 804. The van der Waals surface area contributed by atoms with E-state index in [0.29, 0.717) is 19.3 Å². The van der Waals surface area contributed by atoms with E-state index < -0.39 is 5.82 Å². The van der Waals surface area contributed by atoms with E-state index in [-0.39, 0.29) is 52.5 Å². The Hall–Kier alpha value is -1.51. The SMILES string of the molecule is CSCC1CCC(C(=O)NC23CC(NC(=O)COc4ccc(Cl)c(F)c4)(C2)C3)O1. The van der Waals surface area contributed by atoms with Gasteiger partial charge in [-0.2, -0.15) is 11.8 Å². The summed E-state index contributed by atoms with van der Waals surface area (Å²) in [5.74, 6) is 0.266. The lowest BCUT2D eigenvalue weighted by Crippen LogP contribution is -2.84. The van der Waals surface area contributed by atoms with Gasteiger partial charge in [0.05, 0.1) is 11.1 Å². The summed E-state index contributed by atoms with van der Waals surface area (Å²) < 4.78 is 24.6. The smallest absolute Gasteiger partial charge is 0.258 e. The number of hydrogen-bond donors (Lipinski definition) is 2. The summed E-state index contributed by atoms with van der Waals surface area (Å²) in [4.78, 5) is 24.6. The molecule has 3 saturated carbocycles. The Morgan fingerprint density at radius 1 is 1.28 bits per heavy atom. The van der Waals surface area contributed by atoms with Crippen molar-refractivity contribution < 1.29 is 23.5 Å². The molecule has 2 bridgehead atoms. The molecular weight excluding hydrogens is 419 g/mol. The maximum atomic E-state index is 13.4. The predicted molar refractivity (Wildman–Crippen MR) is 109 cm³/mol. The van der Waals surface area contributed by atoms with Crippen LogP contribution in [0.1, 0.15) is 32.1 Å². The van der Waals surface area contributed by atoms with Crippen LogP contribution >= 0.6 is 23.4 Å². The van der Waals surface area contributed by atoms with E-state index in [0.717, 1.165) is 24.7 Å². The molecule has 1 saturated heterocycles. The van der Waals surface area contributed by atoms with Gasteiger partial charge >= 0.3 is 0 Å². The maximum Gasteiger partial charge on any atom is 0.258 e. The van der Waals surface area contributed by atoms with Gasteiger partial charge < -0.3 is 20.1 Å². The highest BCUT2D eigenvalue weighted by atomic mass is 35.5. The number of carbonyl (C=O) groups excluding carboxylic acids is 2. The number of amides is 2. The van der Waals surface area contributed by atoms with Crippen LogP contribution in [0, 0.1) is 5.82 Å². The van der Waals surface area contributed by atoms with Crippen molar-refractivity contribution in [2.24, 2.45) is 0 Å². The van der Waals surface area contributed by atoms with Crippen molar-refractivity contribution in [3.05, 3.63) is 29.0 Å². The highest BCUT2D eigenvalue weighted by molar-refractivity contribution is 7.98. The van der Waals surface area contributed by atoms with Crippen molar-refractivity contribution in [2.75, 3.05) is 18.6 Å². The van der Waals surface area contributed by atoms with Crippen LogP contribution in [0.4, 0.5) is 4.39 Å². The molecule has 0 spiro atoms. The van der Waals surface area contributed by atoms with Crippen molar-refractivity contribution in [3.63, 3.8) is 0 Å². The zero-order valence-corrected chi connectivity index (χ0v) is 17.7. The van der Waals surface area contributed by atoms with E-state index in [1.165, 1.54) is 12.1 Å². The standard InChI is InChI=1S/C20H24ClFN2O4S/c1-29-8-13-3-5-16(28-13)18(26)24-20-9-19(10-20,11-20)23-17(25)7-27-12-2-4-14(21)15(22)6-12/h2,4,6,13,16H,3,5,7-11H2,1H3,(H,23,25)(H,24,26). The fourth-order valence-corrected chi connectivity index (χ4v) is 5.38. The van der Waals surface area contributed by atoms with Crippen molar-refractivity contribution in [2.45, 2.75) is 55.4 Å². The van der Waals surface area contributed by atoms with E-state index in [2.05, 4.69) is 10.6 Å². The predicted octanol–water partition coefficient (Wildman–Crippen LogP) is 2.68. The Morgan fingerprint density at radius 2 is 2.00 bits per heavy atom. The second-order valence-corrected chi connectivity index (χ2v) is 9.59. The van der Waals surface area contributed by atoms with E-state index in [1.807, 2.05) is 6.26 Å². The van der Waals surface area contributed by atoms with Gasteiger partial charge in [-0.1, -0.05) is 11.6 Å². The van der Waals surface area contributed by atoms with Crippen LogP contribution in [-0.4, -0.2) is 53.7 Å². The molecule has 1 aromatic carbocycles. The molecule has 4 aliphatic rings. The number of carbonyl (C=O) groups is 2. The molecule has 2 N–H and O–H groups in total. The molecule has 6 nitrogen and oxygen atoms in total. The van der Waals surface area contributed by atoms with Gasteiger partial charge in [-0.25, -0.2) is 4.39 Å². The average molecular weight is 443 g/mol. The lowest BCUT2D eigenvalue weighted by Gasteiger charge is -2.70. The van der Waals surface area contributed by atoms with Gasteiger partial charge in [0, 0.05) is 22.9 Å². The van der Waals surface area contributed by atoms with Gasteiger partial charge in [-0.05, 0) is 50.5 Å². The molecule has 2 amide bonds. The third-order valence-electron chi connectivity index (χ3n) is 5.84. The van der Waals surface area contributed by atoms with Crippen LogP contribution in [0.5, 0.6) is 5.75 Å². The van der Waals surface area contributed by atoms with Gasteiger partial charge in [-0.3, -0.25) is 9.59 Å². The van der Waals surface area contributed by atoms with E-state index in [1.54, 1.807) is 11.8 Å². The highest BCUT2D eigenvalue weighted by Gasteiger charge is 2.69. The largest absolute Gasteiger partial charge is 0.484 e. The molecule has 158 valence electrons. The molecule has 1 aliphatic heterocycles. The number of thioether (sulfide) groups is 1. The monoisotopic (exact) mass is 442 g/mol. The molecule has 1 aromatic rings. The van der Waals surface area contributed by atoms with Crippen molar-refractivity contribution in [3.8, 4) is 5.75 Å². The molecule has 29 heavy (non-hydrogen) atoms. The van der Waals surface area contributed by atoms with Crippen molar-refractivity contribution in [1.29, 1.82) is 0 Å². The summed E-state index contributed by atoms with van der Waals surface area (Å²) in [5.41, 5.74) is -0.484. The Balaban J connectivity index is 1.18. The number of halogens is 2. The minimum Gasteiger partial charge on any atom is -0.484 e. The summed E-state index contributed by atoms with van der Waals surface area (Å²) in [6, 6.07) is 4.05. The minimum atomic E-state index is -0.590. The second-order valence-electron chi connectivity index (χ2n) is 8.27. The third kappa shape index (κ3) is 4.34. The first-order valence-corrected chi connectivity index (χ1v) is 11.4. The van der Waals surface area contributed by atoms with Gasteiger partial charge in [0.1, 0.15) is 17.7 Å². The minimum absolute atomic E-state index is 0.00536. The van der Waals surface area contributed by atoms with Crippen LogP contribution in [0.3, 0.4) is 0 Å². The summed E-state index contributed by atoms with van der Waals surface area (Å²) in [6.45, 7) is -0.199. The Labute approximate surface area is 178 Å². The van der Waals surface area contributed by atoms with E-state index in [9.17, 15) is 14.0 Å². The van der Waals surface area contributed by atoms with Gasteiger partial charge in [0.2, 0.25) is 5.91 Å². The van der Waals surface area contributed by atoms with Crippen LogP contribution in [0.15, 0.2) is 18.2 Å². The van der Waals surface area contributed by atoms with Gasteiger partial charge in [-0.15, -0.1) is 0 Å². The first-order valence-electron chi connectivity index (χ1n) is 9.67. The quantitative estimate of drug-likeness (QED) is 0.647. The molecule has 0 radical (unpaired) electrons. The summed E-state index contributed by atoms with van der Waals surface area (Å²) >= 11 is 7.35.